The molecule has 0 bridgehead atoms. The van der Waals surface area contributed by atoms with Crippen molar-refractivity contribution in [3.05, 3.63) is 46.1 Å². The molecule has 0 saturated carbocycles. The minimum atomic E-state index is -0.360. The molecule has 0 radical (unpaired) electrons. The lowest BCUT2D eigenvalue weighted by molar-refractivity contribution is 0.0531. The first-order valence-corrected chi connectivity index (χ1v) is 12.1. The highest BCUT2D eigenvalue weighted by atomic mass is 32.2. The van der Waals surface area contributed by atoms with Crippen LogP contribution in [0.25, 0.3) is 10.2 Å². The number of nitrogens with two attached hydrogens (primary N) is 1. The molecule has 0 fully saturated rings. The molecular formula is C20H20N6O2S3. The number of anilines is 3. The van der Waals surface area contributed by atoms with E-state index in [1.807, 2.05) is 38.1 Å². The van der Waals surface area contributed by atoms with E-state index in [-0.39, 0.29) is 5.97 Å². The number of aryl methyl sites for hydroxylation is 2. The molecule has 3 heterocycles. The third kappa shape index (κ3) is 4.78. The van der Waals surface area contributed by atoms with Gasteiger partial charge in [-0.1, -0.05) is 35.2 Å². The summed E-state index contributed by atoms with van der Waals surface area (Å²) >= 11 is 4.23. The Kier molecular flexibility index (Phi) is 6.35. The van der Waals surface area contributed by atoms with E-state index < -0.39 is 0 Å². The van der Waals surface area contributed by atoms with Crippen LogP contribution >= 0.6 is 34.4 Å². The zero-order valence-corrected chi connectivity index (χ0v) is 19.6. The minimum Gasteiger partial charge on any atom is -0.462 e. The molecule has 0 aliphatic heterocycles. The van der Waals surface area contributed by atoms with Gasteiger partial charge in [0.2, 0.25) is 5.13 Å². The first-order chi connectivity index (χ1) is 14.9. The van der Waals surface area contributed by atoms with Gasteiger partial charge in [0.25, 0.3) is 0 Å². The summed E-state index contributed by atoms with van der Waals surface area (Å²) in [5, 5.41) is 13.1. The maximum absolute atomic E-state index is 12.2. The van der Waals surface area contributed by atoms with Crippen LogP contribution in [-0.2, 0) is 10.5 Å². The normalized spacial score (nSPS) is 11.1. The third-order valence-corrected chi connectivity index (χ3v) is 7.46. The lowest BCUT2D eigenvalue weighted by Gasteiger charge is -2.02. The van der Waals surface area contributed by atoms with Gasteiger partial charge in [0.05, 0.1) is 17.7 Å². The first kappa shape index (κ1) is 21.5. The topological polar surface area (TPSA) is 116 Å². The molecule has 8 nitrogen and oxygen atoms in total. The van der Waals surface area contributed by atoms with Crippen LogP contribution in [0.2, 0.25) is 0 Å². The highest BCUT2D eigenvalue weighted by Crippen LogP contribution is 2.35. The van der Waals surface area contributed by atoms with Crippen molar-refractivity contribution in [2.75, 3.05) is 17.7 Å². The lowest BCUT2D eigenvalue weighted by atomic mass is 10.2. The summed E-state index contributed by atoms with van der Waals surface area (Å²) < 4.78 is 5.92. The van der Waals surface area contributed by atoms with Gasteiger partial charge in [-0.2, -0.15) is 0 Å². The van der Waals surface area contributed by atoms with Gasteiger partial charge in [0.1, 0.15) is 21.3 Å². The molecule has 31 heavy (non-hydrogen) atoms. The average Bonchev–Trinajstić information content (AvgIpc) is 3.31. The Hall–Kier alpha value is -2.76. The lowest BCUT2D eigenvalue weighted by Crippen LogP contribution is -2.03. The van der Waals surface area contributed by atoms with Gasteiger partial charge < -0.3 is 15.8 Å². The van der Waals surface area contributed by atoms with E-state index in [1.165, 1.54) is 40.0 Å². The van der Waals surface area contributed by atoms with Crippen molar-refractivity contribution in [1.29, 1.82) is 0 Å². The molecule has 0 saturated heterocycles. The number of nitrogen functional groups attached to an aromatic ring is 1. The van der Waals surface area contributed by atoms with Crippen LogP contribution in [0, 0.1) is 13.8 Å². The standard InChI is InChI=1S/C20H20N6O2S3/c1-4-28-18(27)15-11(3)14-16(21)23-13(24-17(14)30-15)9-29-20-26-25-19(31-20)22-12-7-5-6-10(2)8-12/h5-8H,4,9H2,1-3H3,(H,22,25)(H2,21,23,24). The van der Waals surface area contributed by atoms with Crippen LogP contribution in [-0.4, -0.2) is 32.7 Å². The van der Waals surface area contributed by atoms with E-state index in [1.54, 1.807) is 6.92 Å². The number of thiophene rings is 1. The summed E-state index contributed by atoms with van der Waals surface area (Å²) in [5.74, 6) is 1.07. The zero-order valence-electron chi connectivity index (χ0n) is 17.1. The maximum atomic E-state index is 12.2. The molecule has 1 aromatic carbocycles. The Balaban J connectivity index is 1.48. The summed E-state index contributed by atoms with van der Waals surface area (Å²) in [6.07, 6.45) is 0. The van der Waals surface area contributed by atoms with Crippen molar-refractivity contribution < 1.29 is 9.53 Å². The van der Waals surface area contributed by atoms with Crippen LogP contribution in [0.3, 0.4) is 0 Å². The van der Waals surface area contributed by atoms with Crippen LogP contribution in [0.5, 0.6) is 0 Å². The molecule has 4 rings (SSSR count). The van der Waals surface area contributed by atoms with Crippen molar-refractivity contribution in [3.8, 4) is 0 Å². The van der Waals surface area contributed by atoms with Gasteiger partial charge in [0, 0.05) is 5.69 Å². The number of hydrogen-bond acceptors (Lipinski definition) is 11. The van der Waals surface area contributed by atoms with Crippen molar-refractivity contribution in [3.63, 3.8) is 0 Å². The highest BCUT2D eigenvalue weighted by molar-refractivity contribution is 8.00. The predicted molar refractivity (Wildman–Crippen MR) is 126 cm³/mol. The Morgan fingerprint density at radius 2 is 2.06 bits per heavy atom. The third-order valence-electron chi connectivity index (χ3n) is 4.33. The number of esters is 1. The summed E-state index contributed by atoms with van der Waals surface area (Å²) in [7, 11) is 0. The van der Waals surface area contributed by atoms with Crippen molar-refractivity contribution in [2.24, 2.45) is 0 Å². The second-order valence-corrected chi connectivity index (χ2v) is 9.84. The van der Waals surface area contributed by atoms with E-state index >= 15 is 0 Å². The fourth-order valence-corrected chi connectivity index (χ4v) is 5.69. The number of ether oxygens (including phenoxy) is 1. The molecule has 3 aromatic heterocycles. The van der Waals surface area contributed by atoms with E-state index in [9.17, 15) is 4.79 Å². The predicted octanol–water partition coefficient (Wildman–Crippen LogP) is 4.95. The molecule has 0 aliphatic carbocycles. The maximum Gasteiger partial charge on any atom is 0.348 e. The van der Waals surface area contributed by atoms with Crippen LogP contribution in [0.1, 0.15) is 33.5 Å². The van der Waals surface area contributed by atoms with Gasteiger partial charge in [-0.3, -0.25) is 0 Å². The second kappa shape index (κ2) is 9.16. The number of carbonyl (C=O) groups is 1. The first-order valence-electron chi connectivity index (χ1n) is 9.47. The molecule has 0 spiro atoms. The number of benzene rings is 1. The molecule has 0 aliphatic rings. The summed E-state index contributed by atoms with van der Waals surface area (Å²) in [6.45, 7) is 5.97. The molecule has 3 N–H and O–H groups in total. The molecule has 0 unspecified atom stereocenters. The zero-order chi connectivity index (χ0) is 22.0. The van der Waals surface area contributed by atoms with Crippen molar-refractivity contribution in [1.82, 2.24) is 20.2 Å². The van der Waals surface area contributed by atoms with E-state index in [2.05, 4.69) is 25.5 Å². The SMILES string of the molecule is CCOC(=O)c1sc2nc(CSc3nnc(Nc4cccc(C)c4)s3)nc(N)c2c1C. The number of hydrogen-bond donors (Lipinski definition) is 2. The molecule has 4 aromatic rings. The van der Waals surface area contributed by atoms with E-state index in [0.29, 0.717) is 39.1 Å². The number of aromatic nitrogens is 4. The van der Waals surface area contributed by atoms with E-state index in [0.717, 1.165) is 20.7 Å². The monoisotopic (exact) mass is 472 g/mol. The molecule has 160 valence electrons. The Morgan fingerprint density at radius 1 is 1.23 bits per heavy atom. The van der Waals surface area contributed by atoms with Crippen LogP contribution < -0.4 is 11.1 Å². The fraction of sp³-hybridized carbons (Fsp3) is 0.250. The number of nitrogens with zero attached hydrogens (tertiary/aromatic N) is 4. The van der Waals surface area contributed by atoms with Gasteiger partial charge in [-0.25, -0.2) is 14.8 Å². The van der Waals surface area contributed by atoms with Crippen molar-refractivity contribution >= 4 is 67.3 Å². The Morgan fingerprint density at radius 3 is 2.84 bits per heavy atom. The number of nitrogens with one attached hydrogen (secondary N) is 1. The summed E-state index contributed by atoms with van der Waals surface area (Å²) in [4.78, 5) is 22.4. The molecule has 0 atom stereocenters. The van der Waals surface area contributed by atoms with Gasteiger partial charge in [-0.05, 0) is 44.0 Å². The van der Waals surface area contributed by atoms with Gasteiger partial charge in [0.15, 0.2) is 4.34 Å². The van der Waals surface area contributed by atoms with Gasteiger partial charge in [-0.15, -0.1) is 21.5 Å². The smallest absolute Gasteiger partial charge is 0.348 e. The van der Waals surface area contributed by atoms with E-state index in [4.69, 9.17) is 10.5 Å². The number of carbonyl (C=O) groups excluding carboxylic acids is 1. The number of thioether (sulfide) groups is 1. The fourth-order valence-electron chi connectivity index (χ4n) is 2.96. The Bertz CT molecular complexity index is 1250. The quantitative estimate of drug-likeness (QED) is 0.284. The van der Waals surface area contributed by atoms with Crippen LogP contribution in [0.4, 0.5) is 16.6 Å². The van der Waals surface area contributed by atoms with Crippen molar-refractivity contribution in [2.45, 2.75) is 30.9 Å². The minimum absolute atomic E-state index is 0.318. The summed E-state index contributed by atoms with van der Waals surface area (Å²) in [6, 6.07) is 8.07. The molecule has 0 amide bonds. The van der Waals surface area contributed by atoms with Gasteiger partial charge >= 0.3 is 5.97 Å². The summed E-state index contributed by atoms with van der Waals surface area (Å²) in [5.41, 5.74) is 9.07. The Labute approximate surface area is 191 Å². The number of fused-ring (bicyclic) bond motifs is 1. The second-order valence-electron chi connectivity index (χ2n) is 6.64. The number of rotatable bonds is 7. The highest BCUT2D eigenvalue weighted by Gasteiger charge is 2.20. The van der Waals surface area contributed by atoms with Crippen LogP contribution in [0.15, 0.2) is 28.6 Å². The molecule has 11 heteroatoms. The molecular weight excluding hydrogens is 452 g/mol. The largest absolute Gasteiger partial charge is 0.462 e. The average molecular weight is 473 g/mol.